The lowest BCUT2D eigenvalue weighted by Gasteiger charge is -2.19. The first-order valence-electron chi connectivity index (χ1n) is 24.7. The highest BCUT2D eigenvalue weighted by atomic mass is 15.0. The second-order valence-electron chi connectivity index (χ2n) is 18.8. The second-order valence-corrected chi connectivity index (χ2v) is 18.8. The second kappa shape index (κ2) is 17.3. The summed E-state index contributed by atoms with van der Waals surface area (Å²) in [4.78, 5) is 0. The van der Waals surface area contributed by atoms with Crippen molar-refractivity contribution in [2.45, 2.75) is 77.6 Å². The van der Waals surface area contributed by atoms with Crippen LogP contribution in [0.5, 0.6) is 0 Å². The highest BCUT2D eigenvalue weighted by Crippen LogP contribution is 2.45. The molecule has 0 amide bonds. The average Bonchev–Trinajstić information content (AvgIpc) is 3.89. The van der Waals surface area contributed by atoms with Crippen molar-refractivity contribution in [1.29, 1.82) is 0 Å². The molecule has 0 aliphatic heterocycles. The van der Waals surface area contributed by atoms with Crippen molar-refractivity contribution < 1.29 is 0 Å². The van der Waals surface area contributed by atoms with Crippen LogP contribution in [0.25, 0.3) is 110 Å². The molecule has 0 saturated heterocycles. The summed E-state index contributed by atoms with van der Waals surface area (Å²) in [5, 5.41) is 13.2. The van der Waals surface area contributed by atoms with Crippen LogP contribution in [-0.4, -0.2) is 9.13 Å². The van der Waals surface area contributed by atoms with Crippen molar-refractivity contribution in [3.8, 4) is 33.6 Å². The van der Waals surface area contributed by atoms with Crippen molar-refractivity contribution in [2.24, 2.45) is 0 Å². The van der Waals surface area contributed by atoms with Crippen LogP contribution in [0.2, 0.25) is 0 Å². The largest absolute Gasteiger partial charge is 0.309 e. The van der Waals surface area contributed by atoms with Crippen LogP contribution in [0.1, 0.15) is 76.7 Å². The highest BCUT2D eigenvalue weighted by Gasteiger charge is 2.19. The van der Waals surface area contributed by atoms with Gasteiger partial charge in [-0.15, -0.1) is 0 Å². The minimum absolute atomic E-state index is 1.14. The number of aryl methyl sites for hydroxylation is 1. The maximum atomic E-state index is 2.49. The number of benzene rings is 10. The summed E-state index contributed by atoms with van der Waals surface area (Å²) < 4.78 is 4.83. The van der Waals surface area contributed by atoms with Gasteiger partial charge < -0.3 is 9.13 Å². The number of hydrogen-bond donors (Lipinski definition) is 0. The molecule has 0 bridgehead atoms. The number of hydrogen-bond acceptors (Lipinski definition) is 0. The molecule has 0 N–H and O–H groups in total. The molecule has 66 heavy (non-hydrogen) atoms. The first kappa shape index (κ1) is 40.4. The molecular formula is C64H56N2. The topological polar surface area (TPSA) is 9.86 Å². The van der Waals surface area contributed by atoms with E-state index in [-0.39, 0.29) is 0 Å². The van der Waals surface area contributed by atoms with E-state index in [0.29, 0.717) is 0 Å². The molecule has 2 heterocycles. The zero-order valence-corrected chi connectivity index (χ0v) is 38.1. The zero-order chi connectivity index (χ0) is 44.0. The first-order chi connectivity index (χ1) is 32.7. The molecule has 0 aliphatic carbocycles. The van der Waals surface area contributed by atoms with Gasteiger partial charge in [-0.1, -0.05) is 198 Å². The fraction of sp³-hybridized carbons (Fsp3) is 0.188. The summed E-state index contributed by atoms with van der Waals surface area (Å²) in [5.41, 5.74) is 13.7. The first-order valence-corrected chi connectivity index (χ1v) is 24.7. The van der Waals surface area contributed by atoms with E-state index in [0.717, 1.165) is 6.42 Å². The molecule has 0 spiro atoms. The van der Waals surface area contributed by atoms with E-state index >= 15 is 0 Å². The van der Waals surface area contributed by atoms with E-state index in [1.165, 1.54) is 179 Å². The number of rotatable bonds is 15. The minimum Gasteiger partial charge on any atom is -0.309 e. The Hall–Kier alpha value is -7.16. The third-order valence-electron chi connectivity index (χ3n) is 14.6. The maximum Gasteiger partial charge on any atom is 0.0541 e. The molecule has 0 fully saturated rings. The van der Waals surface area contributed by atoms with E-state index in [2.05, 4.69) is 204 Å². The Balaban J connectivity index is 0.944. The van der Waals surface area contributed by atoms with E-state index in [4.69, 9.17) is 0 Å². The molecule has 322 valence electrons. The van der Waals surface area contributed by atoms with Crippen LogP contribution >= 0.6 is 0 Å². The Morgan fingerprint density at radius 3 is 1.11 bits per heavy atom. The predicted molar refractivity (Wildman–Crippen MR) is 285 cm³/mol. The Labute approximate surface area is 388 Å². The molecule has 0 unspecified atom stereocenters. The Bertz CT molecular complexity index is 3340. The molecular weight excluding hydrogens is 797 g/mol. The van der Waals surface area contributed by atoms with Crippen LogP contribution in [0, 0.1) is 0 Å². The number of unbranched alkanes of at least 4 members (excludes halogenated alkanes) is 9. The molecule has 2 nitrogen and oxygen atoms in total. The lowest BCUT2D eigenvalue weighted by molar-refractivity contribution is 0.556. The average molecular weight is 853 g/mol. The summed E-state index contributed by atoms with van der Waals surface area (Å²) >= 11 is 0. The number of fused-ring (bicyclic) bond motifs is 6. The van der Waals surface area contributed by atoms with Crippen molar-refractivity contribution >= 4 is 75.9 Å². The van der Waals surface area contributed by atoms with Crippen molar-refractivity contribution in [1.82, 2.24) is 9.13 Å². The van der Waals surface area contributed by atoms with Gasteiger partial charge in [-0.25, -0.2) is 0 Å². The fourth-order valence-electron chi connectivity index (χ4n) is 11.4. The molecule has 2 heteroatoms. The standard InChI is InChI=1S/C64H56N2/c1-2-3-4-5-6-7-8-9-10-11-20-44-41-47-33-39-55-57(45-29-35-49(36-30-45)65-59-25-16-12-21-51(59)52-22-13-17-26-60(52)65)43-58(56-40-34-48(42-44)63(47)64(55)56)46-31-37-50(38-32-46)66-61-27-18-14-23-53(61)54-24-15-19-28-62(54)66/h12-19,21-43H,2-11,20H2,1H3. The third kappa shape index (κ3) is 7.02. The molecule has 0 saturated carbocycles. The van der Waals surface area contributed by atoms with Crippen molar-refractivity contribution in [3.05, 3.63) is 194 Å². The zero-order valence-electron chi connectivity index (χ0n) is 38.1. The van der Waals surface area contributed by atoms with Crippen molar-refractivity contribution in [3.63, 3.8) is 0 Å². The maximum absolute atomic E-state index is 2.49. The molecule has 0 radical (unpaired) electrons. The summed E-state index contributed by atoms with van der Waals surface area (Å²) in [6, 6.07) is 70.7. The summed E-state index contributed by atoms with van der Waals surface area (Å²) in [7, 11) is 0. The summed E-state index contributed by atoms with van der Waals surface area (Å²) in [6.45, 7) is 2.30. The number of nitrogens with zero attached hydrogens (tertiary/aromatic N) is 2. The van der Waals surface area contributed by atoms with Gasteiger partial charge in [0.05, 0.1) is 22.1 Å². The Morgan fingerprint density at radius 2 is 0.697 bits per heavy atom. The van der Waals surface area contributed by atoms with Gasteiger partial charge in [0.2, 0.25) is 0 Å². The smallest absolute Gasteiger partial charge is 0.0541 e. The lowest BCUT2D eigenvalue weighted by atomic mass is 9.85. The van der Waals surface area contributed by atoms with Gasteiger partial charge in [0.25, 0.3) is 0 Å². The number of para-hydroxylation sites is 4. The predicted octanol–water partition coefficient (Wildman–Crippen LogP) is 18.6. The quantitative estimate of drug-likeness (QED) is 0.0718. The van der Waals surface area contributed by atoms with Crippen LogP contribution in [0.4, 0.5) is 0 Å². The van der Waals surface area contributed by atoms with E-state index < -0.39 is 0 Å². The molecule has 0 atom stereocenters. The molecule has 12 rings (SSSR count). The van der Waals surface area contributed by atoms with E-state index in [1.54, 1.807) is 0 Å². The van der Waals surface area contributed by atoms with Crippen LogP contribution in [0.15, 0.2) is 188 Å². The van der Waals surface area contributed by atoms with E-state index in [9.17, 15) is 0 Å². The normalized spacial score (nSPS) is 12.1. The molecule has 2 aromatic heterocycles. The summed E-state index contributed by atoms with van der Waals surface area (Å²) in [5.74, 6) is 0. The monoisotopic (exact) mass is 852 g/mol. The van der Waals surface area contributed by atoms with Crippen LogP contribution in [0.3, 0.4) is 0 Å². The van der Waals surface area contributed by atoms with Gasteiger partial charge in [0, 0.05) is 32.9 Å². The molecule has 0 aliphatic rings. The van der Waals surface area contributed by atoms with Gasteiger partial charge in [0.1, 0.15) is 0 Å². The van der Waals surface area contributed by atoms with Gasteiger partial charge in [-0.2, -0.15) is 0 Å². The Morgan fingerprint density at radius 1 is 0.318 bits per heavy atom. The number of aromatic nitrogens is 2. The van der Waals surface area contributed by atoms with Crippen LogP contribution < -0.4 is 0 Å². The SMILES string of the molecule is CCCCCCCCCCCCc1cc2ccc3c(-c4ccc(-n5c6ccccc6c6ccccc65)cc4)cc(-c4ccc(-n5c6ccccc6c6ccccc65)cc4)c4ccc(c1)c2c34. The van der Waals surface area contributed by atoms with E-state index in [1.807, 2.05) is 0 Å². The van der Waals surface area contributed by atoms with Gasteiger partial charge in [0.15, 0.2) is 0 Å². The van der Waals surface area contributed by atoms with Gasteiger partial charge >= 0.3 is 0 Å². The van der Waals surface area contributed by atoms with Gasteiger partial charge in [-0.3, -0.25) is 0 Å². The van der Waals surface area contributed by atoms with Crippen molar-refractivity contribution in [2.75, 3.05) is 0 Å². The highest BCUT2D eigenvalue weighted by molar-refractivity contribution is 6.28. The molecule has 12 aromatic rings. The third-order valence-corrected chi connectivity index (χ3v) is 14.6. The summed E-state index contributed by atoms with van der Waals surface area (Å²) in [6.07, 6.45) is 14.8. The molecule has 10 aromatic carbocycles. The van der Waals surface area contributed by atoms with Gasteiger partial charge in [-0.05, 0) is 128 Å². The minimum atomic E-state index is 1.14. The lowest BCUT2D eigenvalue weighted by Crippen LogP contribution is -1.95. The van der Waals surface area contributed by atoms with Crippen LogP contribution in [-0.2, 0) is 6.42 Å². The fourth-order valence-corrected chi connectivity index (χ4v) is 11.4. The Kier molecular flexibility index (Phi) is 10.6.